The molecule has 1 saturated heterocycles. The van der Waals surface area contributed by atoms with Crippen molar-refractivity contribution in [2.24, 2.45) is 11.8 Å². The highest BCUT2D eigenvalue weighted by Crippen LogP contribution is 2.29. The number of hydrogen-bond donors (Lipinski definition) is 0. The van der Waals surface area contributed by atoms with Crippen LogP contribution >= 0.6 is 0 Å². The quantitative estimate of drug-likeness (QED) is 0.825. The van der Waals surface area contributed by atoms with Gasteiger partial charge in [-0.15, -0.1) is 0 Å². The van der Waals surface area contributed by atoms with E-state index >= 15 is 0 Å². The minimum absolute atomic E-state index is 0.533. The summed E-state index contributed by atoms with van der Waals surface area (Å²) in [6, 6.07) is 2.72. The highest BCUT2D eigenvalue weighted by atomic mass is 16.5. The summed E-state index contributed by atoms with van der Waals surface area (Å²) in [6.07, 6.45) is 5.80. The summed E-state index contributed by atoms with van der Waals surface area (Å²) in [5.41, 5.74) is 1.33. The number of nitrogens with zero attached hydrogens (tertiary/aromatic N) is 3. The second kappa shape index (κ2) is 6.07. The van der Waals surface area contributed by atoms with Crippen LogP contribution in [0.15, 0.2) is 12.3 Å². The van der Waals surface area contributed by atoms with Gasteiger partial charge in [0, 0.05) is 51.0 Å². The lowest BCUT2D eigenvalue weighted by Crippen LogP contribution is -2.38. The molecule has 2 atom stereocenters. The number of aromatic nitrogens is 2. The van der Waals surface area contributed by atoms with E-state index in [9.17, 15) is 0 Å². The van der Waals surface area contributed by atoms with Gasteiger partial charge >= 0.3 is 0 Å². The van der Waals surface area contributed by atoms with E-state index in [-0.39, 0.29) is 0 Å². The molecule has 1 saturated carbocycles. The molecule has 5 nitrogen and oxygen atoms in total. The van der Waals surface area contributed by atoms with Gasteiger partial charge in [-0.1, -0.05) is 0 Å². The summed E-state index contributed by atoms with van der Waals surface area (Å²) in [5.74, 6) is 1.38. The summed E-state index contributed by atoms with van der Waals surface area (Å²) >= 11 is 0. The van der Waals surface area contributed by atoms with Gasteiger partial charge in [-0.3, -0.25) is 9.58 Å². The molecule has 0 radical (unpaired) electrons. The van der Waals surface area contributed by atoms with Crippen molar-refractivity contribution >= 4 is 0 Å². The summed E-state index contributed by atoms with van der Waals surface area (Å²) in [5, 5.41) is 4.49. The molecule has 0 aromatic carbocycles. The van der Waals surface area contributed by atoms with E-state index in [0.29, 0.717) is 12.0 Å². The molecule has 3 aliphatic rings. The monoisotopic (exact) mass is 291 g/mol. The molecule has 1 aliphatic carbocycles. The molecule has 21 heavy (non-hydrogen) atoms. The molecular formula is C16H25N3O2. The first-order chi connectivity index (χ1) is 10.4. The zero-order chi connectivity index (χ0) is 14.1. The van der Waals surface area contributed by atoms with Gasteiger partial charge in [0.2, 0.25) is 0 Å². The van der Waals surface area contributed by atoms with Gasteiger partial charge < -0.3 is 9.47 Å². The van der Waals surface area contributed by atoms with Crippen molar-refractivity contribution in [3.8, 4) is 0 Å². The predicted molar refractivity (Wildman–Crippen MR) is 78.9 cm³/mol. The van der Waals surface area contributed by atoms with Crippen LogP contribution in [0, 0.1) is 11.8 Å². The Morgan fingerprint density at radius 1 is 1.19 bits per heavy atom. The Morgan fingerprint density at radius 2 is 2.10 bits per heavy atom. The molecular weight excluding hydrogens is 266 g/mol. The van der Waals surface area contributed by atoms with Gasteiger partial charge in [-0.25, -0.2) is 0 Å². The van der Waals surface area contributed by atoms with Crippen LogP contribution in [0.1, 0.15) is 25.0 Å². The topological polar surface area (TPSA) is 39.5 Å². The van der Waals surface area contributed by atoms with E-state index in [1.165, 1.54) is 18.5 Å². The lowest BCUT2D eigenvalue weighted by Gasteiger charge is -2.28. The van der Waals surface area contributed by atoms with E-state index in [1.54, 1.807) is 0 Å². The second-order valence-corrected chi connectivity index (χ2v) is 6.80. The Labute approximate surface area is 126 Å². The predicted octanol–water partition coefficient (Wildman–Crippen LogP) is 1.53. The van der Waals surface area contributed by atoms with Crippen LogP contribution in [0.4, 0.5) is 0 Å². The van der Waals surface area contributed by atoms with Crippen molar-refractivity contribution in [2.75, 3.05) is 33.0 Å². The maximum atomic E-state index is 5.96. The Bertz CT molecular complexity index is 466. The molecule has 1 aromatic rings. The number of ether oxygens (including phenoxy) is 2. The average molecular weight is 291 g/mol. The van der Waals surface area contributed by atoms with E-state index in [4.69, 9.17) is 9.47 Å². The molecule has 3 heterocycles. The maximum Gasteiger partial charge on any atom is 0.0622 e. The number of rotatable bonds is 5. The summed E-state index contributed by atoms with van der Waals surface area (Å²) in [7, 11) is 0. The first-order valence-corrected chi connectivity index (χ1v) is 8.28. The molecule has 0 amide bonds. The molecule has 5 heteroatoms. The molecule has 0 bridgehead atoms. The third kappa shape index (κ3) is 3.30. The Balaban J connectivity index is 1.42. The fourth-order valence-corrected chi connectivity index (χ4v) is 3.44. The van der Waals surface area contributed by atoms with E-state index in [0.717, 1.165) is 58.4 Å². The molecule has 2 aliphatic heterocycles. The van der Waals surface area contributed by atoms with Crippen molar-refractivity contribution in [2.45, 2.75) is 38.4 Å². The summed E-state index contributed by atoms with van der Waals surface area (Å²) in [6.45, 7) is 6.67. The average Bonchev–Trinajstić information content (AvgIpc) is 3.01. The van der Waals surface area contributed by atoms with Crippen molar-refractivity contribution in [3.05, 3.63) is 18.0 Å². The molecule has 116 valence electrons. The van der Waals surface area contributed by atoms with Crippen molar-refractivity contribution in [3.63, 3.8) is 0 Å². The van der Waals surface area contributed by atoms with Crippen LogP contribution in [0.5, 0.6) is 0 Å². The van der Waals surface area contributed by atoms with Crippen molar-refractivity contribution in [1.29, 1.82) is 0 Å². The van der Waals surface area contributed by atoms with Crippen LogP contribution < -0.4 is 0 Å². The number of fused-ring (bicyclic) bond motifs is 1. The van der Waals surface area contributed by atoms with Crippen LogP contribution in [-0.4, -0.2) is 53.7 Å². The van der Waals surface area contributed by atoms with Crippen LogP contribution in [-0.2, 0) is 22.6 Å². The van der Waals surface area contributed by atoms with Gasteiger partial charge in [0.05, 0.1) is 18.9 Å². The van der Waals surface area contributed by atoms with Gasteiger partial charge in [0.25, 0.3) is 0 Å². The van der Waals surface area contributed by atoms with Crippen molar-refractivity contribution in [1.82, 2.24) is 14.7 Å². The van der Waals surface area contributed by atoms with E-state index < -0.39 is 0 Å². The van der Waals surface area contributed by atoms with Gasteiger partial charge in [-0.05, 0) is 31.2 Å². The van der Waals surface area contributed by atoms with Crippen LogP contribution in [0.25, 0.3) is 0 Å². The molecule has 0 unspecified atom stereocenters. The first-order valence-electron chi connectivity index (χ1n) is 8.28. The van der Waals surface area contributed by atoms with Crippen LogP contribution in [0.3, 0.4) is 0 Å². The Morgan fingerprint density at radius 3 is 2.90 bits per heavy atom. The summed E-state index contributed by atoms with van der Waals surface area (Å²) < 4.78 is 13.7. The third-order valence-electron chi connectivity index (χ3n) is 4.92. The summed E-state index contributed by atoms with van der Waals surface area (Å²) in [4.78, 5) is 2.58. The molecule has 2 fully saturated rings. The zero-order valence-corrected chi connectivity index (χ0v) is 12.6. The minimum atomic E-state index is 0.533. The normalized spacial score (nSPS) is 30.3. The van der Waals surface area contributed by atoms with Gasteiger partial charge in [0.15, 0.2) is 0 Å². The smallest absolute Gasteiger partial charge is 0.0622 e. The van der Waals surface area contributed by atoms with E-state index in [2.05, 4.69) is 20.7 Å². The largest absolute Gasteiger partial charge is 0.381 e. The lowest BCUT2D eigenvalue weighted by atomic mass is 10.1. The fourth-order valence-electron chi connectivity index (χ4n) is 3.44. The highest BCUT2D eigenvalue weighted by Gasteiger charge is 2.30. The number of hydrogen-bond acceptors (Lipinski definition) is 4. The van der Waals surface area contributed by atoms with E-state index in [1.807, 2.05) is 6.20 Å². The fraction of sp³-hybridized carbons (Fsp3) is 0.812. The van der Waals surface area contributed by atoms with Gasteiger partial charge in [0.1, 0.15) is 0 Å². The standard InChI is InChI=1S/C16H25N3O2/c1-2-13(1)10-21-11-14-7-18(16-4-6-20-12-16)9-15-3-5-17-19(15)8-14/h3,5,13-14,16H,1-2,4,6-12H2/t14-,16+/m0/s1. The second-order valence-electron chi connectivity index (χ2n) is 6.80. The van der Waals surface area contributed by atoms with Crippen LogP contribution in [0.2, 0.25) is 0 Å². The van der Waals surface area contributed by atoms with Gasteiger partial charge in [-0.2, -0.15) is 5.10 Å². The SMILES string of the molecule is c1cc2n(n1)C[C@@H](COCC1CC1)CN([C@@H]1CCOC1)C2. The third-order valence-corrected chi connectivity index (χ3v) is 4.92. The molecule has 4 rings (SSSR count). The maximum absolute atomic E-state index is 5.96. The zero-order valence-electron chi connectivity index (χ0n) is 12.6. The lowest BCUT2D eigenvalue weighted by molar-refractivity contribution is 0.0593. The minimum Gasteiger partial charge on any atom is -0.381 e. The Hall–Kier alpha value is -0.910. The molecule has 0 N–H and O–H groups in total. The Kier molecular flexibility index (Phi) is 3.97. The van der Waals surface area contributed by atoms with Crippen molar-refractivity contribution < 1.29 is 9.47 Å². The molecule has 1 aromatic heterocycles. The first kappa shape index (κ1) is 13.7. The molecule has 0 spiro atoms. The highest BCUT2D eigenvalue weighted by molar-refractivity contribution is 5.03.